The number of hydrogen-bond donors (Lipinski definition) is 2. The van der Waals surface area contributed by atoms with E-state index in [2.05, 4.69) is 54.8 Å². The maximum absolute atomic E-state index is 12.4. The quantitative estimate of drug-likeness (QED) is 0.889. The summed E-state index contributed by atoms with van der Waals surface area (Å²) in [4.78, 5) is 14.4. The summed E-state index contributed by atoms with van der Waals surface area (Å²) in [5.41, 5.74) is 4.01. The van der Waals surface area contributed by atoms with Crippen molar-refractivity contribution >= 4 is 17.2 Å². The molecule has 1 heterocycles. The lowest BCUT2D eigenvalue weighted by Gasteiger charge is -2.15. The van der Waals surface area contributed by atoms with Crippen molar-refractivity contribution in [2.75, 3.05) is 13.1 Å². The number of rotatable bonds is 5. The summed E-state index contributed by atoms with van der Waals surface area (Å²) in [5, 5.41) is 6.33. The van der Waals surface area contributed by atoms with Gasteiger partial charge in [0.1, 0.15) is 0 Å². The first-order chi connectivity index (χ1) is 10.7. The molecule has 0 aliphatic heterocycles. The summed E-state index contributed by atoms with van der Waals surface area (Å²) in [7, 11) is 0. The fourth-order valence-electron chi connectivity index (χ4n) is 2.94. The third kappa shape index (κ3) is 3.08. The summed E-state index contributed by atoms with van der Waals surface area (Å²) in [6.07, 6.45) is 2.10. The lowest BCUT2D eigenvalue weighted by molar-refractivity contribution is 0.0954. The molecular weight excluding hydrogens is 292 g/mol. The molecule has 1 aromatic carbocycles. The second kappa shape index (κ2) is 6.63. The highest BCUT2D eigenvalue weighted by molar-refractivity contribution is 7.17. The van der Waals surface area contributed by atoms with Crippen molar-refractivity contribution in [1.29, 1.82) is 0 Å². The molecule has 0 bridgehead atoms. The highest BCUT2D eigenvalue weighted by atomic mass is 32.1. The summed E-state index contributed by atoms with van der Waals surface area (Å²) in [5.74, 6) is 0.0432. The second-order valence-corrected chi connectivity index (χ2v) is 6.84. The van der Waals surface area contributed by atoms with Crippen LogP contribution in [0.1, 0.15) is 34.6 Å². The van der Waals surface area contributed by atoms with Crippen LogP contribution in [-0.4, -0.2) is 25.0 Å². The number of nitrogens with one attached hydrogen (secondary N) is 2. The summed E-state index contributed by atoms with van der Waals surface area (Å²) in [6, 6.07) is 10.9. The number of likely N-dealkylation sites (N-methyl/N-ethyl adjacent to an activating group) is 1. The Kier molecular flexibility index (Phi) is 4.60. The Morgan fingerprint density at radius 1 is 1.27 bits per heavy atom. The molecule has 1 aliphatic carbocycles. The van der Waals surface area contributed by atoms with Gasteiger partial charge in [-0.15, -0.1) is 11.3 Å². The molecule has 116 valence electrons. The zero-order valence-electron chi connectivity index (χ0n) is 13.1. The number of amides is 1. The molecule has 0 radical (unpaired) electrons. The van der Waals surface area contributed by atoms with Gasteiger partial charge in [-0.2, -0.15) is 0 Å². The van der Waals surface area contributed by atoms with Crippen LogP contribution in [0.25, 0.3) is 10.4 Å². The van der Waals surface area contributed by atoms with Crippen LogP contribution >= 0.6 is 11.3 Å². The van der Waals surface area contributed by atoms with Crippen LogP contribution in [0.3, 0.4) is 0 Å². The molecule has 1 atom stereocenters. The standard InChI is InChI=1S/C18H22N2OS/c1-3-19-12(2)11-20-18(21)16-10-14-9-8-13-6-4-5-7-15(13)17(14)22-16/h4-7,10,12,19H,3,8-9,11H2,1-2H3,(H,20,21)/t12-/m1/s1. The number of aryl methyl sites for hydroxylation is 2. The number of hydrogen-bond acceptors (Lipinski definition) is 3. The molecule has 0 unspecified atom stereocenters. The Hall–Kier alpha value is -1.65. The summed E-state index contributed by atoms with van der Waals surface area (Å²) >= 11 is 1.62. The van der Waals surface area contributed by atoms with E-state index in [1.165, 1.54) is 21.6 Å². The number of fused-ring (bicyclic) bond motifs is 3. The minimum atomic E-state index is 0.0432. The Labute approximate surface area is 135 Å². The van der Waals surface area contributed by atoms with Crippen molar-refractivity contribution in [3.8, 4) is 10.4 Å². The van der Waals surface area contributed by atoms with E-state index in [9.17, 15) is 4.79 Å². The first-order valence-corrected chi connectivity index (χ1v) is 8.73. The number of benzene rings is 1. The van der Waals surface area contributed by atoms with Gasteiger partial charge < -0.3 is 10.6 Å². The van der Waals surface area contributed by atoms with E-state index in [1.807, 2.05) is 0 Å². The zero-order valence-corrected chi connectivity index (χ0v) is 13.9. The van der Waals surface area contributed by atoms with Crippen molar-refractivity contribution < 1.29 is 4.79 Å². The number of carbonyl (C=O) groups excluding carboxylic acids is 1. The first kappa shape index (κ1) is 15.3. The minimum Gasteiger partial charge on any atom is -0.350 e. The van der Waals surface area contributed by atoms with Crippen LogP contribution in [0.5, 0.6) is 0 Å². The average molecular weight is 314 g/mol. The molecule has 4 heteroatoms. The van der Waals surface area contributed by atoms with Gasteiger partial charge in [-0.05, 0) is 49.1 Å². The van der Waals surface area contributed by atoms with Crippen LogP contribution < -0.4 is 10.6 Å². The van der Waals surface area contributed by atoms with Crippen LogP contribution in [0.2, 0.25) is 0 Å². The monoisotopic (exact) mass is 314 g/mol. The normalized spacial score (nSPS) is 14.1. The van der Waals surface area contributed by atoms with Gasteiger partial charge in [-0.1, -0.05) is 31.2 Å². The smallest absolute Gasteiger partial charge is 0.261 e. The minimum absolute atomic E-state index is 0.0432. The third-order valence-corrected chi connectivity index (χ3v) is 5.29. The molecule has 0 spiro atoms. The fourth-order valence-corrected chi connectivity index (χ4v) is 4.12. The van der Waals surface area contributed by atoms with Crippen molar-refractivity contribution in [2.24, 2.45) is 0 Å². The van der Waals surface area contributed by atoms with Gasteiger partial charge in [-0.3, -0.25) is 4.79 Å². The number of thiophene rings is 1. The lowest BCUT2D eigenvalue weighted by atomic mass is 9.91. The van der Waals surface area contributed by atoms with Gasteiger partial charge in [0, 0.05) is 17.5 Å². The van der Waals surface area contributed by atoms with E-state index in [1.54, 1.807) is 11.3 Å². The highest BCUT2D eigenvalue weighted by Gasteiger charge is 2.21. The topological polar surface area (TPSA) is 41.1 Å². The van der Waals surface area contributed by atoms with Gasteiger partial charge in [0.25, 0.3) is 5.91 Å². The maximum Gasteiger partial charge on any atom is 0.261 e. The summed E-state index contributed by atoms with van der Waals surface area (Å²) < 4.78 is 0. The molecule has 3 rings (SSSR count). The zero-order chi connectivity index (χ0) is 15.5. The molecule has 1 aliphatic rings. The fraction of sp³-hybridized carbons (Fsp3) is 0.389. The van der Waals surface area contributed by atoms with Crippen LogP contribution in [0.15, 0.2) is 30.3 Å². The van der Waals surface area contributed by atoms with Crippen molar-refractivity contribution in [2.45, 2.75) is 32.7 Å². The van der Waals surface area contributed by atoms with E-state index in [0.29, 0.717) is 12.6 Å². The molecule has 3 nitrogen and oxygen atoms in total. The van der Waals surface area contributed by atoms with E-state index in [4.69, 9.17) is 0 Å². The van der Waals surface area contributed by atoms with Gasteiger partial charge in [0.15, 0.2) is 0 Å². The van der Waals surface area contributed by atoms with Gasteiger partial charge in [0.2, 0.25) is 0 Å². The Morgan fingerprint density at radius 3 is 2.86 bits per heavy atom. The molecule has 0 saturated carbocycles. The molecule has 2 aromatic rings. The van der Waals surface area contributed by atoms with E-state index < -0.39 is 0 Å². The van der Waals surface area contributed by atoms with Crippen molar-refractivity contribution in [3.63, 3.8) is 0 Å². The van der Waals surface area contributed by atoms with E-state index in [-0.39, 0.29) is 5.91 Å². The van der Waals surface area contributed by atoms with Crippen LogP contribution in [0.4, 0.5) is 0 Å². The molecular formula is C18H22N2OS. The molecule has 1 aromatic heterocycles. The Balaban J connectivity index is 1.75. The van der Waals surface area contributed by atoms with Crippen LogP contribution in [-0.2, 0) is 12.8 Å². The van der Waals surface area contributed by atoms with E-state index >= 15 is 0 Å². The number of carbonyl (C=O) groups is 1. The molecule has 2 N–H and O–H groups in total. The predicted octanol–water partition coefficient (Wildman–Crippen LogP) is 3.24. The Bertz CT molecular complexity index is 677. The van der Waals surface area contributed by atoms with Gasteiger partial charge >= 0.3 is 0 Å². The van der Waals surface area contributed by atoms with Gasteiger partial charge in [-0.25, -0.2) is 0 Å². The van der Waals surface area contributed by atoms with Gasteiger partial charge in [0.05, 0.1) is 4.88 Å². The molecule has 22 heavy (non-hydrogen) atoms. The second-order valence-electron chi connectivity index (χ2n) is 5.79. The predicted molar refractivity (Wildman–Crippen MR) is 92.6 cm³/mol. The molecule has 0 fully saturated rings. The Morgan fingerprint density at radius 2 is 2.05 bits per heavy atom. The largest absolute Gasteiger partial charge is 0.350 e. The average Bonchev–Trinajstić information content (AvgIpc) is 2.97. The highest BCUT2D eigenvalue weighted by Crippen LogP contribution is 2.39. The van der Waals surface area contributed by atoms with Crippen molar-refractivity contribution in [1.82, 2.24) is 10.6 Å². The third-order valence-electron chi connectivity index (χ3n) is 4.08. The first-order valence-electron chi connectivity index (χ1n) is 7.91. The SMILES string of the molecule is CCN[C@H](C)CNC(=O)c1cc2c(s1)-c1ccccc1CC2. The molecule has 0 saturated heterocycles. The van der Waals surface area contributed by atoms with Crippen LogP contribution in [0, 0.1) is 0 Å². The summed E-state index contributed by atoms with van der Waals surface area (Å²) in [6.45, 7) is 5.73. The van der Waals surface area contributed by atoms with Crippen molar-refractivity contribution in [3.05, 3.63) is 46.3 Å². The molecule has 1 amide bonds. The van der Waals surface area contributed by atoms with E-state index in [0.717, 1.165) is 24.3 Å². The lowest BCUT2D eigenvalue weighted by Crippen LogP contribution is -2.38. The maximum atomic E-state index is 12.4.